The average Bonchev–Trinajstić information content (AvgIpc) is 2.98. The van der Waals surface area contributed by atoms with Gasteiger partial charge in [-0.3, -0.25) is 4.79 Å². The predicted octanol–water partition coefficient (Wildman–Crippen LogP) is 4.07. The van der Waals surface area contributed by atoms with Crippen LogP contribution in [0.2, 0.25) is 0 Å². The first-order chi connectivity index (χ1) is 10.6. The minimum absolute atomic E-state index is 0.0737. The number of H-pyrrole nitrogens is 1. The highest BCUT2D eigenvalue weighted by Crippen LogP contribution is 2.22. The van der Waals surface area contributed by atoms with Crippen molar-refractivity contribution in [2.45, 2.75) is 33.6 Å². The number of nitrogens with one attached hydrogen (secondary N) is 1. The highest BCUT2D eigenvalue weighted by molar-refractivity contribution is 5.98. The maximum atomic E-state index is 12.7. The van der Waals surface area contributed by atoms with Crippen molar-refractivity contribution in [1.82, 2.24) is 9.88 Å². The summed E-state index contributed by atoms with van der Waals surface area (Å²) in [5.41, 5.74) is 1.58. The number of hydrogen-bond donors (Lipinski definition) is 1. The van der Waals surface area contributed by atoms with Crippen LogP contribution >= 0.6 is 0 Å². The van der Waals surface area contributed by atoms with Gasteiger partial charge >= 0.3 is 0 Å². The highest BCUT2D eigenvalue weighted by Gasteiger charge is 2.19. The van der Waals surface area contributed by atoms with Gasteiger partial charge in [-0.25, -0.2) is 0 Å². The molecule has 4 nitrogen and oxygen atoms in total. The van der Waals surface area contributed by atoms with Gasteiger partial charge in [0, 0.05) is 30.1 Å². The largest absolute Gasteiger partial charge is 0.497 e. The van der Waals surface area contributed by atoms with E-state index in [9.17, 15) is 4.79 Å². The van der Waals surface area contributed by atoms with Crippen LogP contribution in [-0.4, -0.2) is 36.0 Å². The van der Waals surface area contributed by atoms with E-state index in [2.05, 4.69) is 18.8 Å². The summed E-state index contributed by atoms with van der Waals surface area (Å²) in [5, 5.41) is 1.03. The molecule has 0 saturated carbocycles. The van der Waals surface area contributed by atoms with E-state index in [0.717, 1.165) is 42.6 Å². The van der Waals surface area contributed by atoms with Crippen LogP contribution in [0.4, 0.5) is 0 Å². The van der Waals surface area contributed by atoms with Crippen molar-refractivity contribution in [2.24, 2.45) is 5.92 Å². The van der Waals surface area contributed by atoms with Gasteiger partial charge in [-0.2, -0.15) is 0 Å². The van der Waals surface area contributed by atoms with E-state index in [4.69, 9.17) is 4.74 Å². The molecule has 0 fully saturated rings. The zero-order valence-corrected chi connectivity index (χ0v) is 14.0. The van der Waals surface area contributed by atoms with E-state index in [-0.39, 0.29) is 5.91 Å². The maximum Gasteiger partial charge on any atom is 0.270 e. The Morgan fingerprint density at radius 3 is 2.55 bits per heavy atom. The van der Waals surface area contributed by atoms with Gasteiger partial charge in [-0.15, -0.1) is 0 Å². The standard InChI is InChI=1S/C18H26N2O2/c1-5-13(6-2)12-20(7-3)18(21)17-10-14-8-9-15(22-4)11-16(14)19-17/h8-11,13,19H,5-7,12H2,1-4H3. The summed E-state index contributed by atoms with van der Waals surface area (Å²) in [4.78, 5) is 17.9. The van der Waals surface area contributed by atoms with Gasteiger partial charge in [0.05, 0.1) is 7.11 Å². The van der Waals surface area contributed by atoms with Crippen molar-refractivity contribution >= 4 is 16.8 Å². The van der Waals surface area contributed by atoms with Gasteiger partial charge in [0.15, 0.2) is 0 Å². The number of aromatic nitrogens is 1. The number of nitrogens with zero attached hydrogens (tertiary/aromatic N) is 1. The lowest BCUT2D eigenvalue weighted by molar-refractivity contribution is 0.0730. The van der Waals surface area contributed by atoms with Crippen molar-refractivity contribution in [3.8, 4) is 5.75 Å². The lowest BCUT2D eigenvalue weighted by atomic mass is 10.0. The summed E-state index contributed by atoms with van der Waals surface area (Å²) in [7, 11) is 1.64. The summed E-state index contributed by atoms with van der Waals surface area (Å²) >= 11 is 0. The van der Waals surface area contributed by atoms with Crippen molar-refractivity contribution in [3.63, 3.8) is 0 Å². The van der Waals surface area contributed by atoms with E-state index in [1.807, 2.05) is 36.1 Å². The summed E-state index contributed by atoms with van der Waals surface area (Å²) in [6, 6.07) is 7.72. The number of methoxy groups -OCH3 is 1. The zero-order valence-electron chi connectivity index (χ0n) is 14.0. The van der Waals surface area contributed by atoms with E-state index in [1.165, 1.54) is 0 Å². The fourth-order valence-electron chi connectivity index (χ4n) is 2.73. The molecule has 1 aromatic carbocycles. The Hall–Kier alpha value is -1.97. The number of hydrogen-bond acceptors (Lipinski definition) is 2. The van der Waals surface area contributed by atoms with Crippen molar-refractivity contribution < 1.29 is 9.53 Å². The Balaban J connectivity index is 2.23. The first-order valence-corrected chi connectivity index (χ1v) is 8.08. The van der Waals surface area contributed by atoms with Crippen LogP contribution in [0.3, 0.4) is 0 Å². The third-order valence-electron chi connectivity index (χ3n) is 4.36. The van der Waals surface area contributed by atoms with Crippen LogP contribution in [0.1, 0.15) is 44.1 Å². The zero-order chi connectivity index (χ0) is 16.1. The molecule has 1 aromatic heterocycles. The second-order valence-corrected chi connectivity index (χ2v) is 5.66. The second kappa shape index (κ2) is 7.34. The van der Waals surface area contributed by atoms with Crippen LogP contribution in [0.5, 0.6) is 5.75 Å². The molecule has 1 amide bonds. The van der Waals surface area contributed by atoms with Crippen molar-refractivity contribution in [2.75, 3.05) is 20.2 Å². The Bertz CT molecular complexity index is 629. The van der Waals surface area contributed by atoms with Gasteiger partial charge in [0.1, 0.15) is 11.4 Å². The van der Waals surface area contributed by atoms with Crippen LogP contribution in [-0.2, 0) is 0 Å². The number of ether oxygens (including phenoxy) is 1. The van der Waals surface area contributed by atoms with Crippen LogP contribution < -0.4 is 4.74 Å². The average molecular weight is 302 g/mol. The molecule has 0 spiro atoms. The van der Waals surface area contributed by atoms with Gasteiger partial charge in [-0.05, 0) is 31.0 Å². The first-order valence-electron chi connectivity index (χ1n) is 8.08. The molecular formula is C18H26N2O2. The van der Waals surface area contributed by atoms with E-state index < -0.39 is 0 Å². The lowest BCUT2D eigenvalue weighted by Crippen LogP contribution is -2.35. The number of aromatic amines is 1. The minimum Gasteiger partial charge on any atom is -0.497 e. The van der Waals surface area contributed by atoms with Gasteiger partial charge < -0.3 is 14.6 Å². The molecular weight excluding hydrogens is 276 g/mol. The SMILES string of the molecule is CCC(CC)CN(CC)C(=O)c1cc2ccc(OC)cc2[nH]1. The molecule has 0 unspecified atom stereocenters. The quantitative estimate of drug-likeness (QED) is 0.837. The van der Waals surface area contributed by atoms with Gasteiger partial charge in [0.25, 0.3) is 5.91 Å². The number of amides is 1. The van der Waals surface area contributed by atoms with Crippen molar-refractivity contribution in [1.29, 1.82) is 0 Å². The molecule has 0 bridgehead atoms. The molecule has 22 heavy (non-hydrogen) atoms. The molecule has 0 radical (unpaired) electrons. The normalized spacial score (nSPS) is 11.1. The van der Waals surface area contributed by atoms with Crippen molar-refractivity contribution in [3.05, 3.63) is 30.0 Å². The number of carbonyl (C=O) groups is 1. The Morgan fingerprint density at radius 1 is 1.23 bits per heavy atom. The Morgan fingerprint density at radius 2 is 1.95 bits per heavy atom. The Kier molecular flexibility index (Phi) is 5.47. The molecule has 0 aliphatic carbocycles. The first kappa shape index (κ1) is 16.4. The maximum absolute atomic E-state index is 12.7. The second-order valence-electron chi connectivity index (χ2n) is 5.66. The fraction of sp³-hybridized carbons (Fsp3) is 0.500. The lowest BCUT2D eigenvalue weighted by Gasteiger charge is -2.25. The number of rotatable bonds is 7. The fourth-order valence-corrected chi connectivity index (χ4v) is 2.73. The minimum atomic E-state index is 0.0737. The van der Waals surface area contributed by atoms with E-state index in [1.54, 1.807) is 7.11 Å². The number of fused-ring (bicyclic) bond motifs is 1. The van der Waals surface area contributed by atoms with Crippen LogP contribution in [0.15, 0.2) is 24.3 Å². The molecule has 2 aromatic rings. The predicted molar refractivity (Wildman–Crippen MR) is 90.5 cm³/mol. The van der Waals surface area contributed by atoms with Crippen LogP contribution in [0.25, 0.3) is 10.9 Å². The third kappa shape index (κ3) is 3.43. The number of carbonyl (C=O) groups excluding carboxylic acids is 1. The highest BCUT2D eigenvalue weighted by atomic mass is 16.5. The molecule has 1 N–H and O–H groups in total. The number of benzene rings is 1. The van der Waals surface area contributed by atoms with E-state index in [0.29, 0.717) is 11.6 Å². The monoisotopic (exact) mass is 302 g/mol. The topological polar surface area (TPSA) is 45.3 Å². The smallest absolute Gasteiger partial charge is 0.270 e. The molecule has 0 aliphatic heterocycles. The summed E-state index contributed by atoms with van der Waals surface area (Å²) in [6.07, 6.45) is 2.20. The molecule has 120 valence electrons. The van der Waals surface area contributed by atoms with E-state index >= 15 is 0 Å². The van der Waals surface area contributed by atoms with Crippen LogP contribution in [0, 0.1) is 5.92 Å². The Labute approximate surface area is 132 Å². The molecule has 0 atom stereocenters. The molecule has 0 aliphatic rings. The summed E-state index contributed by atoms with van der Waals surface area (Å²) in [5.74, 6) is 1.43. The molecule has 2 rings (SSSR count). The summed E-state index contributed by atoms with van der Waals surface area (Å²) < 4.78 is 5.23. The molecule has 4 heteroatoms. The molecule has 0 saturated heterocycles. The molecule has 1 heterocycles. The van der Waals surface area contributed by atoms with Gasteiger partial charge in [0.2, 0.25) is 0 Å². The van der Waals surface area contributed by atoms with Gasteiger partial charge in [-0.1, -0.05) is 26.7 Å². The third-order valence-corrected chi connectivity index (χ3v) is 4.36. The summed E-state index contributed by atoms with van der Waals surface area (Å²) in [6.45, 7) is 7.95.